The zero-order valence-electron chi connectivity index (χ0n) is 38.5. The van der Waals surface area contributed by atoms with Gasteiger partial charge in [-0.25, -0.2) is 8.42 Å². The molecule has 6 aliphatic carbocycles. The second-order valence-corrected chi connectivity index (χ2v) is 25.3. The number of ether oxygens (including phenoxy) is 7. The molecule has 12 fully saturated rings. The van der Waals surface area contributed by atoms with E-state index in [-0.39, 0.29) is 84.4 Å². The Morgan fingerprint density at radius 3 is 0.845 bits per heavy atom. The second-order valence-electron chi connectivity index (χ2n) is 21.2. The van der Waals surface area contributed by atoms with Crippen molar-refractivity contribution in [3.63, 3.8) is 0 Å². The first kappa shape index (κ1) is 49.7. The Morgan fingerprint density at radius 2 is 0.535 bits per heavy atom. The molecule has 18 unspecified atom stereocenters. The van der Waals surface area contributed by atoms with E-state index in [0.717, 1.165) is 12.8 Å². The molecule has 0 bridgehead atoms. The molecular formula is C48H54O21S2. The number of carbonyl (C=O) groups excluding carboxylic acids is 12. The van der Waals surface area contributed by atoms with Gasteiger partial charge in [-0.2, -0.15) is 11.8 Å². The minimum atomic E-state index is -3.58. The van der Waals surface area contributed by atoms with Crippen LogP contribution in [0.4, 0.5) is 0 Å². The second kappa shape index (κ2) is 19.5. The van der Waals surface area contributed by atoms with Crippen molar-refractivity contribution >= 4 is 93.2 Å². The first-order valence-corrected chi connectivity index (χ1v) is 27.5. The number of thioether (sulfide) groups is 1. The highest BCUT2D eigenvalue weighted by atomic mass is 32.2. The molecule has 0 aromatic rings. The van der Waals surface area contributed by atoms with Gasteiger partial charge in [0.2, 0.25) is 0 Å². The molecule has 6 saturated heterocycles. The van der Waals surface area contributed by atoms with Crippen LogP contribution in [0.15, 0.2) is 0 Å². The highest BCUT2D eigenvalue weighted by molar-refractivity contribution is 8.00. The van der Waals surface area contributed by atoms with Gasteiger partial charge in [-0.1, -0.05) is 0 Å². The van der Waals surface area contributed by atoms with Crippen LogP contribution in [0.3, 0.4) is 0 Å². The van der Waals surface area contributed by atoms with Crippen molar-refractivity contribution < 1.29 is 99.1 Å². The summed E-state index contributed by atoms with van der Waals surface area (Å²) in [5, 5.41) is -0.822. The van der Waals surface area contributed by atoms with E-state index in [1.807, 2.05) is 11.8 Å². The van der Waals surface area contributed by atoms with E-state index in [1.54, 1.807) is 0 Å². The molecule has 18 atom stereocenters. The van der Waals surface area contributed by atoms with Crippen molar-refractivity contribution in [2.75, 3.05) is 0 Å². The summed E-state index contributed by atoms with van der Waals surface area (Å²) in [5.74, 6) is -10.5. The van der Waals surface area contributed by atoms with Crippen LogP contribution in [-0.4, -0.2) is 113 Å². The Labute approximate surface area is 410 Å². The topological polar surface area (TPSA) is 304 Å². The average Bonchev–Trinajstić information content (AvgIpc) is 4.14. The van der Waals surface area contributed by atoms with Crippen molar-refractivity contribution in [1.82, 2.24) is 0 Å². The van der Waals surface area contributed by atoms with Crippen molar-refractivity contribution in [1.29, 1.82) is 0 Å². The molecule has 0 aromatic heterocycles. The monoisotopic (exact) mass is 1030 g/mol. The summed E-state index contributed by atoms with van der Waals surface area (Å²) in [6, 6.07) is 0. The van der Waals surface area contributed by atoms with Gasteiger partial charge >= 0.3 is 71.6 Å². The maximum atomic E-state index is 13.0. The Hall–Kier alpha value is -4.90. The first-order chi connectivity index (χ1) is 33.8. The number of rotatable bonds is 6. The van der Waals surface area contributed by atoms with Gasteiger partial charge in [0.05, 0.1) is 93.7 Å². The van der Waals surface area contributed by atoms with Crippen molar-refractivity contribution in [2.45, 2.75) is 149 Å². The molecule has 0 N–H and O–H groups in total. The van der Waals surface area contributed by atoms with E-state index in [2.05, 4.69) is 9.47 Å². The van der Waals surface area contributed by atoms with Crippen molar-refractivity contribution in [3.8, 4) is 0 Å². The molecule has 6 saturated carbocycles. The van der Waals surface area contributed by atoms with Crippen LogP contribution < -0.4 is 0 Å². The predicted octanol–water partition coefficient (Wildman–Crippen LogP) is 2.33. The third-order valence-corrected chi connectivity index (χ3v) is 21.7. The lowest BCUT2D eigenvalue weighted by Gasteiger charge is -2.34. The normalized spacial score (nSPS) is 42.3. The first-order valence-electron chi connectivity index (χ1n) is 24.9. The van der Waals surface area contributed by atoms with E-state index in [9.17, 15) is 66.0 Å². The molecule has 12 aliphatic rings. The molecule has 21 nitrogen and oxygen atoms in total. The number of carbonyl (C=O) groups is 12. The van der Waals surface area contributed by atoms with Gasteiger partial charge in [0.15, 0.2) is 9.84 Å². The van der Waals surface area contributed by atoms with E-state index < -0.39 is 104 Å². The van der Waals surface area contributed by atoms with Gasteiger partial charge in [-0.3, -0.25) is 57.5 Å². The number of hydrogen-bond acceptors (Lipinski definition) is 22. The van der Waals surface area contributed by atoms with Gasteiger partial charge < -0.3 is 33.2 Å². The molecule has 6 aliphatic heterocycles. The van der Waals surface area contributed by atoms with Crippen molar-refractivity contribution in [2.24, 2.45) is 71.0 Å². The molecule has 0 amide bonds. The van der Waals surface area contributed by atoms with Crippen LogP contribution in [0, 0.1) is 71.0 Å². The van der Waals surface area contributed by atoms with Crippen LogP contribution in [-0.2, 0) is 101 Å². The lowest BCUT2D eigenvalue weighted by molar-refractivity contribution is -0.155. The molecule has 0 aromatic carbocycles. The van der Waals surface area contributed by atoms with Gasteiger partial charge in [0.25, 0.3) is 0 Å². The zero-order chi connectivity index (χ0) is 50.2. The van der Waals surface area contributed by atoms with Crippen LogP contribution in [0.1, 0.15) is 116 Å². The third-order valence-electron chi connectivity index (χ3n) is 17.4. The van der Waals surface area contributed by atoms with E-state index in [0.29, 0.717) is 100 Å². The standard InChI is InChI=1S/C16H18O8S.C16H18O7.C16H18O6S/c17-13-9-3-1-7(5-11(9)15(19)23-13)25(21,22)8-2-4-10-12(6-8)16(20)24-14(10)18;17-13-9-3-1-7(5-11(9)15(19)22-13)21-8-2-4-10-12(6-8)16(20)23-14(10)18;17-13-9-3-1-7(5-11(9)15(19)21-13)23-8-2-4-10-12(6-8)16(20)22-14(10)18/h7-12H,1-6H2;2*7-12H,1-6H2. The Kier molecular flexibility index (Phi) is 13.6. The Bertz CT molecular complexity index is 2210. The zero-order valence-corrected chi connectivity index (χ0v) is 40.1. The highest BCUT2D eigenvalue weighted by Gasteiger charge is 2.56. The average molecular weight is 1030 g/mol. The van der Waals surface area contributed by atoms with E-state index in [4.69, 9.17) is 23.7 Å². The lowest BCUT2D eigenvalue weighted by atomic mass is 9.78. The summed E-state index contributed by atoms with van der Waals surface area (Å²) < 4.78 is 60.3. The Morgan fingerprint density at radius 1 is 0.296 bits per heavy atom. The number of hydrogen-bond donors (Lipinski definition) is 0. The predicted molar refractivity (Wildman–Crippen MR) is 232 cm³/mol. The smallest absolute Gasteiger partial charge is 0.317 e. The summed E-state index contributed by atoms with van der Waals surface area (Å²) in [7, 11) is -3.58. The van der Waals surface area contributed by atoms with Crippen LogP contribution in [0.5, 0.6) is 0 Å². The molecule has 384 valence electrons. The fraction of sp³-hybridized carbons (Fsp3) is 0.750. The molecule has 6 heterocycles. The summed E-state index contributed by atoms with van der Waals surface area (Å²) in [6.07, 6.45) is 9.33. The number of esters is 12. The van der Waals surface area contributed by atoms with Crippen LogP contribution in [0.25, 0.3) is 0 Å². The Balaban J connectivity index is 0.000000123. The molecule has 0 spiro atoms. The summed E-state index contributed by atoms with van der Waals surface area (Å²) in [4.78, 5) is 140. The van der Waals surface area contributed by atoms with Crippen LogP contribution >= 0.6 is 11.8 Å². The fourth-order valence-electron chi connectivity index (χ4n) is 13.5. The molecule has 71 heavy (non-hydrogen) atoms. The van der Waals surface area contributed by atoms with Gasteiger partial charge in [-0.15, -0.1) is 0 Å². The van der Waals surface area contributed by atoms with Gasteiger partial charge in [-0.05, 0) is 116 Å². The van der Waals surface area contributed by atoms with Crippen LogP contribution in [0.2, 0.25) is 0 Å². The fourth-order valence-corrected chi connectivity index (χ4v) is 17.6. The highest BCUT2D eigenvalue weighted by Crippen LogP contribution is 2.48. The SMILES string of the molecule is O=C1OC(=O)C2CC(OC3CCC4C(=O)OC(=O)C4C3)CCC12.O=C1OC(=O)C2CC(S(=O)(=O)C3CCC4C(=O)OC(=O)C4C3)CCC12.O=C1OC(=O)C2CC(SC3CCC4C(=O)OC(=O)C4C3)CCC12. The largest absolute Gasteiger partial charge is 0.393 e. The molecule has 23 heteroatoms. The van der Waals surface area contributed by atoms with E-state index >= 15 is 0 Å². The van der Waals surface area contributed by atoms with Gasteiger partial charge in [0, 0.05) is 10.5 Å². The maximum Gasteiger partial charge on any atom is 0.317 e. The summed E-state index contributed by atoms with van der Waals surface area (Å²) in [6.45, 7) is 0. The molecule has 0 radical (unpaired) electrons. The number of cyclic esters (lactones) is 12. The minimum absolute atomic E-state index is 0.0888. The molecule has 12 rings (SSSR count). The summed E-state index contributed by atoms with van der Waals surface area (Å²) in [5.41, 5.74) is 0. The maximum absolute atomic E-state index is 13.0. The third kappa shape index (κ3) is 9.51. The molecular weight excluding hydrogens is 977 g/mol. The summed E-state index contributed by atoms with van der Waals surface area (Å²) >= 11 is 1.81. The van der Waals surface area contributed by atoms with Gasteiger partial charge in [0.1, 0.15) is 0 Å². The number of fused-ring (bicyclic) bond motifs is 6. The quantitative estimate of drug-likeness (QED) is 0.209. The lowest BCUT2D eigenvalue weighted by Crippen LogP contribution is -2.42. The van der Waals surface area contributed by atoms with Crippen molar-refractivity contribution in [3.05, 3.63) is 0 Å². The van der Waals surface area contributed by atoms with E-state index in [1.165, 1.54) is 0 Å². The minimum Gasteiger partial charge on any atom is -0.393 e. The number of sulfone groups is 1.